The first-order valence-corrected chi connectivity index (χ1v) is 19.4. The van der Waals surface area contributed by atoms with Gasteiger partial charge in [0, 0.05) is 42.9 Å². The molecule has 6 aromatic carbocycles. The summed E-state index contributed by atoms with van der Waals surface area (Å²) in [5.41, 5.74) is 10.2. The molecule has 5 heteroatoms. The van der Waals surface area contributed by atoms with Crippen LogP contribution in [-0.4, -0.2) is 9.97 Å². The number of rotatable bonds is 5. The molecule has 10 rings (SSSR count). The minimum Gasteiger partial charge on any atom is -0.359 e. The number of nitrogens with zero attached hydrogens (tertiary/aromatic N) is 3. The average Bonchev–Trinajstić information content (AvgIpc) is 3.76. The van der Waals surface area contributed by atoms with Gasteiger partial charge in [0.25, 0.3) is 0 Å². The van der Waals surface area contributed by atoms with Gasteiger partial charge in [0.15, 0.2) is 0 Å². The van der Waals surface area contributed by atoms with Crippen LogP contribution in [-0.2, 0) is 5.41 Å². The molecule has 0 bridgehead atoms. The van der Waals surface area contributed by atoms with E-state index < -0.39 is 0 Å². The van der Waals surface area contributed by atoms with E-state index in [4.69, 9.17) is 9.97 Å². The van der Waals surface area contributed by atoms with Gasteiger partial charge in [-0.15, -0.1) is 11.3 Å². The highest BCUT2D eigenvalue weighted by molar-refractivity contribution is 7.25. The Bertz CT molecular complexity index is 2910. The van der Waals surface area contributed by atoms with Crippen molar-refractivity contribution >= 4 is 81.1 Å². The molecule has 4 heterocycles. The Balaban J connectivity index is 1.26. The van der Waals surface area contributed by atoms with Gasteiger partial charge in [0.05, 0.1) is 28.3 Å². The highest BCUT2D eigenvalue weighted by Gasteiger charge is 2.38. The molecular weight excluding hydrogens is 665 g/mol. The highest BCUT2D eigenvalue weighted by atomic mass is 32.1. The van der Waals surface area contributed by atoms with E-state index >= 15 is 0 Å². The van der Waals surface area contributed by atoms with Gasteiger partial charge in [-0.05, 0) is 64.4 Å². The topological polar surface area (TPSA) is 41.1 Å². The van der Waals surface area contributed by atoms with Crippen molar-refractivity contribution in [2.45, 2.75) is 52.1 Å². The van der Waals surface area contributed by atoms with Crippen LogP contribution in [0, 0.1) is 6.92 Å². The van der Waals surface area contributed by atoms with E-state index in [9.17, 15) is 0 Å². The Labute approximate surface area is 313 Å². The van der Waals surface area contributed by atoms with E-state index in [2.05, 4.69) is 178 Å². The zero-order valence-electron chi connectivity index (χ0n) is 30.6. The van der Waals surface area contributed by atoms with E-state index in [0.29, 0.717) is 0 Å². The van der Waals surface area contributed by atoms with Crippen LogP contribution < -0.4 is 10.2 Å². The van der Waals surface area contributed by atoms with Crippen LogP contribution in [0.1, 0.15) is 67.9 Å². The van der Waals surface area contributed by atoms with E-state index in [1.807, 2.05) is 0 Å². The predicted octanol–water partition coefficient (Wildman–Crippen LogP) is 13.3. The summed E-state index contributed by atoms with van der Waals surface area (Å²) in [5.74, 6) is 0.268. The van der Waals surface area contributed by atoms with E-state index in [-0.39, 0.29) is 17.5 Å². The fourth-order valence-corrected chi connectivity index (χ4v) is 9.90. The highest BCUT2D eigenvalue weighted by Crippen LogP contribution is 2.55. The molecule has 3 aromatic heterocycles. The van der Waals surface area contributed by atoms with Crippen molar-refractivity contribution in [3.8, 4) is 0 Å². The molecule has 0 saturated carbocycles. The standard InChI is InChI=1S/C48H40N4S/c1-28(2)41-34-18-11-9-16-32(34)33-17-10-12-19-35(33)43(41)52-44-39(26-24-30-23-22-29(3)49-42(30)44)50-46(52)38-21-13-20-36-37-25-27-40(51-47(37)53-45(36)38)48(4,5)31-14-7-6-8-15-31/h6-28,46,50H,1-5H3. The average molecular weight is 705 g/mol. The molecule has 53 heavy (non-hydrogen) atoms. The van der Waals surface area contributed by atoms with Gasteiger partial charge in [-0.25, -0.2) is 4.98 Å². The van der Waals surface area contributed by atoms with Crippen LogP contribution in [0.25, 0.3) is 52.8 Å². The van der Waals surface area contributed by atoms with Gasteiger partial charge in [0.1, 0.15) is 11.0 Å². The van der Waals surface area contributed by atoms with Crippen LogP contribution in [0.15, 0.2) is 133 Å². The number of fused-ring (bicyclic) bond motifs is 9. The third-order valence-electron chi connectivity index (χ3n) is 11.4. The summed E-state index contributed by atoms with van der Waals surface area (Å²) in [6, 6.07) is 48.6. The van der Waals surface area contributed by atoms with E-state index in [0.717, 1.165) is 38.5 Å². The van der Waals surface area contributed by atoms with Gasteiger partial charge in [-0.3, -0.25) is 4.98 Å². The third kappa shape index (κ3) is 4.80. The Hall–Kier alpha value is -5.78. The van der Waals surface area contributed by atoms with Gasteiger partial charge < -0.3 is 10.2 Å². The predicted molar refractivity (Wildman–Crippen MR) is 226 cm³/mol. The van der Waals surface area contributed by atoms with E-state index in [1.165, 1.54) is 59.4 Å². The molecule has 1 N–H and O–H groups in total. The Morgan fingerprint density at radius 2 is 1.32 bits per heavy atom. The molecule has 9 aromatic rings. The maximum atomic E-state index is 5.38. The van der Waals surface area contributed by atoms with Crippen molar-refractivity contribution in [3.63, 3.8) is 0 Å². The number of pyridine rings is 2. The van der Waals surface area contributed by atoms with Crippen LogP contribution in [0.3, 0.4) is 0 Å². The first-order valence-electron chi connectivity index (χ1n) is 18.6. The summed E-state index contributed by atoms with van der Waals surface area (Å²) in [4.78, 5) is 14.3. The van der Waals surface area contributed by atoms with Crippen molar-refractivity contribution in [1.82, 2.24) is 9.97 Å². The molecular formula is C48H40N4S. The van der Waals surface area contributed by atoms with Crippen molar-refractivity contribution in [2.24, 2.45) is 0 Å². The van der Waals surface area contributed by atoms with Gasteiger partial charge in [0.2, 0.25) is 0 Å². The molecule has 4 nitrogen and oxygen atoms in total. The monoisotopic (exact) mass is 704 g/mol. The van der Waals surface area contributed by atoms with Gasteiger partial charge in [-0.2, -0.15) is 0 Å². The van der Waals surface area contributed by atoms with Crippen LogP contribution >= 0.6 is 11.3 Å². The maximum absolute atomic E-state index is 5.38. The summed E-state index contributed by atoms with van der Waals surface area (Å²) < 4.78 is 1.25. The van der Waals surface area contributed by atoms with E-state index in [1.54, 1.807) is 11.3 Å². The Kier molecular flexibility index (Phi) is 7.15. The molecule has 0 aliphatic carbocycles. The molecule has 258 valence electrons. The summed E-state index contributed by atoms with van der Waals surface area (Å²) >= 11 is 1.81. The number of anilines is 3. The Morgan fingerprint density at radius 1 is 0.642 bits per heavy atom. The first kappa shape index (κ1) is 31.9. The fraction of sp³-hybridized carbons (Fsp3) is 0.167. The second kappa shape index (κ2) is 11.9. The molecule has 0 saturated heterocycles. The number of benzene rings is 6. The molecule has 1 aliphatic rings. The van der Waals surface area contributed by atoms with Crippen molar-refractivity contribution in [1.29, 1.82) is 0 Å². The normalized spacial score (nSPS) is 14.6. The molecule has 0 radical (unpaired) electrons. The van der Waals surface area contributed by atoms with Crippen LogP contribution in [0.2, 0.25) is 0 Å². The van der Waals surface area contributed by atoms with Gasteiger partial charge >= 0.3 is 0 Å². The number of nitrogens with one attached hydrogen (secondary N) is 1. The molecule has 0 amide bonds. The second-order valence-electron chi connectivity index (χ2n) is 15.3. The van der Waals surface area contributed by atoms with Crippen molar-refractivity contribution in [3.05, 3.63) is 162 Å². The Morgan fingerprint density at radius 3 is 2.09 bits per heavy atom. The molecule has 0 spiro atoms. The quantitative estimate of drug-likeness (QED) is 0.181. The minimum absolute atomic E-state index is 0.183. The van der Waals surface area contributed by atoms with Crippen molar-refractivity contribution in [2.75, 3.05) is 10.2 Å². The number of thiophene rings is 1. The van der Waals surface area contributed by atoms with Crippen molar-refractivity contribution < 1.29 is 0 Å². The smallest absolute Gasteiger partial charge is 0.132 e. The SMILES string of the molecule is Cc1ccc2ccc3c(c2n1)N(c1c(C(C)C)c2ccccc2c2ccccc12)C(c1cccc2c1sc1nc(C(C)(C)c4ccccc4)ccc12)N3. The first-order chi connectivity index (χ1) is 25.8. The molecule has 1 atom stereocenters. The number of hydrogen-bond donors (Lipinski definition) is 1. The number of aromatic nitrogens is 2. The second-order valence-corrected chi connectivity index (χ2v) is 16.3. The number of aryl methyl sites for hydroxylation is 1. The number of hydrogen-bond acceptors (Lipinski definition) is 5. The maximum Gasteiger partial charge on any atom is 0.132 e. The summed E-state index contributed by atoms with van der Waals surface area (Å²) in [7, 11) is 0. The fourth-order valence-electron chi connectivity index (χ4n) is 8.69. The minimum atomic E-state index is -0.226. The summed E-state index contributed by atoms with van der Waals surface area (Å²) in [6.07, 6.45) is -0.183. The zero-order chi connectivity index (χ0) is 36.0. The summed E-state index contributed by atoms with van der Waals surface area (Å²) in [6.45, 7) is 11.3. The molecule has 0 fully saturated rings. The summed E-state index contributed by atoms with van der Waals surface area (Å²) in [5, 5.41) is 12.7. The van der Waals surface area contributed by atoms with Crippen LogP contribution in [0.4, 0.5) is 17.1 Å². The lowest BCUT2D eigenvalue weighted by Crippen LogP contribution is -2.25. The molecule has 1 unspecified atom stereocenters. The third-order valence-corrected chi connectivity index (χ3v) is 12.5. The molecule has 1 aliphatic heterocycles. The lowest BCUT2D eigenvalue weighted by molar-refractivity contribution is 0.620. The van der Waals surface area contributed by atoms with Gasteiger partial charge in [-0.1, -0.05) is 137 Å². The van der Waals surface area contributed by atoms with Crippen LogP contribution in [0.5, 0.6) is 0 Å². The lowest BCUT2D eigenvalue weighted by atomic mass is 9.81. The zero-order valence-corrected chi connectivity index (χ0v) is 31.4. The largest absolute Gasteiger partial charge is 0.359 e. The lowest BCUT2D eigenvalue weighted by Gasteiger charge is -2.33.